The molecule has 0 unspecified atom stereocenters. The van der Waals surface area contributed by atoms with Gasteiger partial charge < -0.3 is 10.1 Å². The van der Waals surface area contributed by atoms with E-state index in [1.165, 1.54) is 6.08 Å². The van der Waals surface area contributed by atoms with Crippen molar-refractivity contribution in [3.8, 4) is 0 Å². The maximum absolute atomic E-state index is 12.4. The van der Waals surface area contributed by atoms with Gasteiger partial charge in [-0.2, -0.15) is 11.3 Å². The van der Waals surface area contributed by atoms with Gasteiger partial charge in [0.25, 0.3) is 5.91 Å². The number of hydrogen-bond acceptors (Lipinski definition) is 4. The first-order chi connectivity index (χ1) is 11.2. The maximum atomic E-state index is 12.4. The third-order valence-electron chi connectivity index (χ3n) is 3.45. The molecule has 0 spiro atoms. The highest BCUT2D eigenvalue weighted by Crippen LogP contribution is 2.23. The van der Waals surface area contributed by atoms with Crippen molar-refractivity contribution in [3.63, 3.8) is 0 Å². The Labute approximate surface area is 138 Å². The van der Waals surface area contributed by atoms with Crippen molar-refractivity contribution in [1.82, 2.24) is 5.32 Å². The number of hydrogen-bond donors (Lipinski definition) is 1. The molecule has 1 aromatic carbocycles. The number of carbonyl (C=O) groups is 2. The average Bonchev–Trinajstić information content (AvgIpc) is 3.22. The van der Waals surface area contributed by atoms with Crippen molar-refractivity contribution >= 4 is 29.3 Å². The number of carbonyl (C=O) groups excluding carboxylic acids is 2. The third-order valence-corrected chi connectivity index (χ3v) is 4.15. The highest BCUT2D eigenvalue weighted by atomic mass is 32.1. The molecule has 1 amide bonds. The fourth-order valence-electron chi connectivity index (χ4n) is 2.09. The zero-order chi connectivity index (χ0) is 16.1. The molecule has 1 saturated carbocycles. The minimum absolute atomic E-state index is 0.216. The Balaban J connectivity index is 1.69. The van der Waals surface area contributed by atoms with Crippen LogP contribution in [0.4, 0.5) is 0 Å². The van der Waals surface area contributed by atoms with Gasteiger partial charge >= 0.3 is 5.97 Å². The Bertz CT molecular complexity index is 690. The van der Waals surface area contributed by atoms with E-state index in [-0.39, 0.29) is 11.9 Å². The first kappa shape index (κ1) is 15.5. The van der Waals surface area contributed by atoms with Gasteiger partial charge in [-0.1, -0.05) is 30.3 Å². The number of nitrogens with one attached hydrogen (secondary N) is 1. The van der Waals surface area contributed by atoms with Crippen molar-refractivity contribution in [2.45, 2.75) is 25.0 Å². The SMILES string of the molecule is O=C(/C=C/c1ccsc1)O[C@H](C(=O)NC1CC1)c1ccccc1. The predicted molar refractivity (Wildman–Crippen MR) is 89.8 cm³/mol. The maximum Gasteiger partial charge on any atom is 0.331 e. The summed E-state index contributed by atoms with van der Waals surface area (Å²) in [5, 5.41) is 6.75. The summed E-state index contributed by atoms with van der Waals surface area (Å²) in [6, 6.07) is 11.2. The van der Waals surface area contributed by atoms with E-state index in [2.05, 4.69) is 5.32 Å². The van der Waals surface area contributed by atoms with E-state index >= 15 is 0 Å². The molecule has 118 valence electrons. The molecule has 1 aromatic heterocycles. The zero-order valence-electron chi connectivity index (χ0n) is 12.5. The van der Waals surface area contributed by atoms with Gasteiger partial charge in [-0.05, 0) is 41.3 Å². The molecule has 23 heavy (non-hydrogen) atoms. The fourth-order valence-corrected chi connectivity index (χ4v) is 2.72. The summed E-state index contributed by atoms with van der Waals surface area (Å²) in [7, 11) is 0. The lowest BCUT2D eigenvalue weighted by atomic mass is 10.1. The minimum atomic E-state index is -0.920. The van der Waals surface area contributed by atoms with Crippen LogP contribution in [0, 0.1) is 0 Å². The Morgan fingerprint density at radius 1 is 1.22 bits per heavy atom. The standard InChI is InChI=1S/C18H17NO3S/c20-16(9-6-13-10-11-23-12-13)22-17(14-4-2-1-3-5-14)18(21)19-15-7-8-15/h1-6,9-12,15,17H,7-8H2,(H,19,21)/b9-6+/t17-/m0/s1. The molecule has 1 atom stereocenters. The van der Waals surface area contributed by atoms with Crippen molar-refractivity contribution in [2.24, 2.45) is 0 Å². The molecule has 5 heteroatoms. The number of benzene rings is 1. The highest BCUT2D eigenvalue weighted by Gasteiger charge is 2.30. The van der Waals surface area contributed by atoms with Crippen LogP contribution < -0.4 is 5.32 Å². The Kier molecular flexibility index (Phi) is 4.88. The summed E-state index contributed by atoms with van der Waals surface area (Å²) in [4.78, 5) is 24.4. The quantitative estimate of drug-likeness (QED) is 0.654. The number of rotatable bonds is 6. The molecule has 1 aliphatic rings. The van der Waals surface area contributed by atoms with Crippen LogP contribution in [0.25, 0.3) is 6.08 Å². The molecule has 1 heterocycles. The van der Waals surface area contributed by atoms with E-state index in [1.807, 2.05) is 35.0 Å². The van der Waals surface area contributed by atoms with Crippen molar-refractivity contribution < 1.29 is 14.3 Å². The topological polar surface area (TPSA) is 55.4 Å². The second-order valence-electron chi connectivity index (χ2n) is 5.40. The van der Waals surface area contributed by atoms with E-state index < -0.39 is 12.1 Å². The van der Waals surface area contributed by atoms with Gasteiger partial charge in [-0.15, -0.1) is 0 Å². The molecule has 0 radical (unpaired) electrons. The third kappa shape index (κ3) is 4.53. The van der Waals surface area contributed by atoms with Crippen LogP contribution >= 0.6 is 11.3 Å². The van der Waals surface area contributed by atoms with E-state index in [4.69, 9.17) is 4.74 Å². The first-order valence-corrected chi connectivity index (χ1v) is 8.43. The van der Waals surface area contributed by atoms with Crippen LogP contribution in [-0.4, -0.2) is 17.9 Å². The van der Waals surface area contributed by atoms with Crippen molar-refractivity contribution in [3.05, 3.63) is 64.4 Å². The van der Waals surface area contributed by atoms with Crippen LogP contribution in [0.3, 0.4) is 0 Å². The van der Waals surface area contributed by atoms with Crippen molar-refractivity contribution in [1.29, 1.82) is 0 Å². The minimum Gasteiger partial charge on any atom is -0.444 e. The average molecular weight is 327 g/mol. The number of esters is 1. The Hall–Kier alpha value is -2.40. The van der Waals surface area contributed by atoms with Crippen LogP contribution in [0.15, 0.2) is 53.2 Å². The second-order valence-corrected chi connectivity index (χ2v) is 6.18. The van der Waals surface area contributed by atoms with Crippen LogP contribution in [0.1, 0.15) is 30.1 Å². The molecule has 1 aliphatic carbocycles. The first-order valence-electron chi connectivity index (χ1n) is 7.48. The van der Waals surface area contributed by atoms with E-state index in [0.29, 0.717) is 5.56 Å². The van der Waals surface area contributed by atoms with Gasteiger partial charge in [0.1, 0.15) is 0 Å². The second kappa shape index (κ2) is 7.24. The van der Waals surface area contributed by atoms with Crippen LogP contribution in [0.5, 0.6) is 0 Å². The summed E-state index contributed by atoms with van der Waals surface area (Å²) in [5.41, 5.74) is 1.61. The van der Waals surface area contributed by atoms with Gasteiger partial charge in [-0.3, -0.25) is 4.79 Å². The van der Waals surface area contributed by atoms with Crippen molar-refractivity contribution in [2.75, 3.05) is 0 Å². The lowest BCUT2D eigenvalue weighted by molar-refractivity contribution is -0.151. The largest absolute Gasteiger partial charge is 0.444 e. The summed E-state index contributed by atoms with van der Waals surface area (Å²) < 4.78 is 5.39. The Morgan fingerprint density at radius 2 is 2.00 bits per heavy atom. The molecule has 2 aromatic rings. The molecule has 0 aliphatic heterocycles. The molecule has 1 fully saturated rings. The lowest BCUT2D eigenvalue weighted by Gasteiger charge is -2.17. The molecule has 3 rings (SSSR count). The van der Waals surface area contributed by atoms with Gasteiger partial charge in [0.2, 0.25) is 6.10 Å². The summed E-state index contributed by atoms with van der Waals surface area (Å²) >= 11 is 1.55. The summed E-state index contributed by atoms with van der Waals surface area (Å²) in [6.45, 7) is 0. The predicted octanol–water partition coefficient (Wildman–Crippen LogP) is 3.32. The number of thiophene rings is 1. The number of ether oxygens (including phenoxy) is 1. The molecule has 0 bridgehead atoms. The zero-order valence-corrected chi connectivity index (χ0v) is 13.3. The van der Waals surface area contributed by atoms with Gasteiger partial charge in [0, 0.05) is 17.7 Å². The normalized spacial score (nSPS) is 15.3. The van der Waals surface area contributed by atoms with Gasteiger partial charge in [-0.25, -0.2) is 4.79 Å². The van der Waals surface area contributed by atoms with E-state index in [9.17, 15) is 9.59 Å². The summed E-state index contributed by atoms with van der Waals surface area (Å²) in [6.07, 6.45) is 4.08. The fraction of sp³-hybridized carbons (Fsp3) is 0.222. The molecular formula is C18H17NO3S. The highest BCUT2D eigenvalue weighted by molar-refractivity contribution is 7.08. The van der Waals surface area contributed by atoms with E-state index in [1.54, 1.807) is 29.5 Å². The molecular weight excluding hydrogens is 310 g/mol. The Morgan fingerprint density at radius 3 is 2.65 bits per heavy atom. The van der Waals surface area contributed by atoms with E-state index in [0.717, 1.165) is 18.4 Å². The number of amides is 1. The molecule has 1 N–H and O–H groups in total. The van der Waals surface area contributed by atoms with Crippen LogP contribution in [0.2, 0.25) is 0 Å². The molecule has 0 saturated heterocycles. The summed E-state index contributed by atoms with van der Waals surface area (Å²) in [5.74, 6) is -0.799. The molecule has 4 nitrogen and oxygen atoms in total. The monoisotopic (exact) mass is 327 g/mol. The smallest absolute Gasteiger partial charge is 0.331 e. The van der Waals surface area contributed by atoms with Gasteiger partial charge in [0.05, 0.1) is 0 Å². The van der Waals surface area contributed by atoms with Gasteiger partial charge in [0.15, 0.2) is 0 Å². The lowest BCUT2D eigenvalue weighted by Crippen LogP contribution is -2.33. The van der Waals surface area contributed by atoms with Crippen LogP contribution in [-0.2, 0) is 14.3 Å².